The number of ether oxygens (including phenoxy) is 1. The molecule has 1 aromatic rings. The lowest BCUT2D eigenvalue weighted by Crippen LogP contribution is -2.71. The van der Waals surface area contributed by atoms with Gasteiger partial charge < -0.3 is 25.6 Å². The summed E-state index contributed by atoms with van der Waals surface area (Å²) in [6.07, 6.45) is 8.34. The zero-order chi connectivity index (χ0) is 33.8. The second kappa shape index (κ2) is 12.9. The Morgan fingerprint density at radius 1 is 1.06 bits per heavy atom. The van der Waals surface area contributed by atoms with Crippen molar-refractivity contribution in [2.45, 2.75) is 70.6 Å². The van der Waals surface area contributed by atoms with Gasteiger partial charge in [-0.1, -0.05) is 50.3 Å². The van der Waals surface area contributed by atoms with Crippen molar-refractivity contribution in [3.8, 4) is 0 Å². The second-order valence-corrected chi connectivity index (χ2v) is 15.8. The van der Waals surface area contributed by atoms with E-state index in [-0.39, 0.29) is 54.1 Å². The number of piperidine rings is 2. The molecular weight excluding hydrogens is 608 g/mol. The fourth-order valence-corrected chi connectivity index (χ4v) is 10.1. The number of carbonyl (C=O) groups is 3. The predicted molar refractivity (Wildman–Crippen MR) is 181 cm³/mol. The Bertz CT molecular complexity index is 1490. The SMILES string of the molecule is C=C1CCC2[C@](C)(CC[C@@H](O)[C@@]2(C)CO)C1C=CC1=CC(Cc2ccc(NC(=O)CC(=O)NC3C4CN5CC3CN(C4)C5)cc2)OC1=O. The maximum Gasteiger partial charge on any atom is 0.338 e. The topological polar surface area (TPSA) is 131 Å². The molecule has 5 aliphatic heterocycles. The molecule has 10 nitrogen and oxygen atoms in total. The molecule has 0 spiro atoms. The highest BCUT2D eigenvalue weighted by molar-refractivity contribution is 6.03. The van der Waals surface area contributed by atoms with Crippen LogP contribution in [0.2, 0.25) is 0 Å². The average molecular weight is 659 g/mol. The summed E-state index contributed by atoms with van der Waals surface area (Å²) in [6, 6.07) is 7.55. The number of allylic oxidation sites excluding steroid dienone is 2. The summed E-state index contributed by atoms with van der Waals surface area (Å²) in [4.78, 5) is 43.2. The van der Waals surface area contributed by atoms with E-state index in [1.54, 1.807) is 12.1 Å². The molecule has 2 saturated carbocycles. The van der Waals surface area contributed by atoms with Crippen molar-refractivity contribution in [1.29, 1.82) is 0 Å². The molecule has 1 aromatic carbocycles. The maximum atomic E-state index is 12.8. The number of aliphatic hydroxyl groups excluding tert-OH is 2. The van der Waals surface area contributed by atoms with Crippen molar-refractivity contribution in [3.05, 3.63) is 65.8 Å². The fraction of sp³-hybridized carbons (Fsp3) is 0.605. The van der Waals surface area contributed by atoms with Crippen LogP contribution >= 0.6 is 0 Å². The van der Waals surface area contributed by atoms with Crippen molar-refractivity contribution in [2.24, 2.45) is 34.5 Å². The molecular formula is C38H50N4O6. The molecule has 6 fully saturated rings. The van der Waals surface area contributed by atoms with E-state index in [1.165, 1.54) is 0 Å². The van der Waals surface area contributed by atoms with Crippen LogP contribution < -0.4 is 10.6 Å². The molecule has 48 heavy (non-hydrogen) atoms. The molecule has 8 rings (SSSR count). The van der Waals surface area contributed by atoms with Gasteiger partial charge in [0.25, 0.3) is 0 Å². The molecule has 2 aliphatic carbocycles. The average Bonchev–Trinajstić information content (AvgIpc) is 3.39. The lowest BCUT2D eigenvalue weighted by Gasteiger charge is -2.59. The number of nitrogens with one attached hydrogen (secondary N) is 2. The summed E-state index contributed by atoms with van der Waals surface area (Å²) < 4.78 is 5.69. The van der Waals surface area contributed by atoms with E-state index in [4.69, 9.17) is 4.74 Å². The van der Waals surface area contributed by atoms with Crippen LogP contribution in [0.15, 0.2) is 60.2 Å². The van der Waals surface area contributed by atoms with Gasteiger partial charge in [0, 0.05) is 67.5 Å². The van der Waals surface area contributed by atoms with Crippen molar-refractivity contribution in [1.82, 2.24) is 15.1 Å². The van der Waals surface area contributed by atoms with Gasteiger partial charge in [0.15, 0.2) is 0 Å². The van der Waals surface area contributed by atoms with E-state index < -0.39 is 17.6 Å². The summed E-state index contributed by atoms with van der Waals surface area (Å²) in [5, 5.41) is 27.1. The van der Waals surface area contributed by atoms with Crippen LogP contribution in [0.5, 0.6) is 0 Å². The molecule has 0 aromatic heterocycles. The molecule has 6 atom stereocenters. The van der Waals surface area contributed by atoms with Gasteiger partial charge in [0.2, 0.25) is 11.8 Å². The zero-order valence-electron chi connectivity index (χ0n) is 28.2. The number of hydrogen-bond acceptors (Lipinski definition) is 8. The number of amides is 2. The predicted octanol–water partition coefficient (Wildman–Crippen LogP) is 3.03. The van der Waals surface area contributed by atoms with Crippen LogP contribution in [0.4, 0.5) is 5.69 Å². The molecule has 258 valence electrons. The van der Waals surface area contributed by atoms with Crippen molar-refractivity contribution in [2.75, 3.05) is 44.8 Å². The first-order chi connectivity index (χ1) is 22.9. The van der Waals surface area contributed by atoms with Gasteiger partial charge in [-0.25, -0.2) is 4.79 Å². The Morgan fingerprint density at radius 3 is 2.42 bits per heavy atom. The largest absolute Gasteiger partial charge is 0.454 e. The number of benzene rings is 1. The Morgan fingerprint density at radius 2 is 1.75 bits per heavy atom. The summed E-state index contributed by atoms with van der Waals surface area (Å²) in [7, 11) is 0. The molecule has 4 N–H and O–H groups in total. The van der Waals surface area contributed by atoms with E-state index in [9.17, 15) is 24.6 Å². The van der Waals surface area contributed by atoms with Crippen molar-refractivity contribution < 1.29 is 29.3 Å². The third-order valence-electron chi connectivity index (χ3n) is 12.6. The lowest BCUT2D eigenvalue weighted by molar-refractivity contribution is -0.145. The highest BCUT2D eigenvalue weighted by atomic mass is 16.5. The van der Waals surface area contributed by atoms with Crippen LogP contribution in [0.1, 0.15) is 51.5 Å². The van der Waals surface area contributed by atoms with Crippen LogP contribution in [-0.4, -0.2) is 95.5 Å². The quantitative estimate of drug-likeness (QED) is 0.181. The van der Waals surface area contributed by atoms with E-state index >= 15 is 0 Å². The maximum absolute atomic E-state index is 12.8. The number of nitrogens with zero attached hydrogens (tertiary/aromatic N) is 2. The van der Waals surface area contributed by atoms with Crippen LogP contribution in [-0.2, 0) is 25.5 Å². The minimum Gasteiger partial charge on any atom is -0.454 e. The van der Waals surface area contributed by atoms with Gasteiger partial charge in [-0.2, -0.15) is 0 Å². The molecule has 2 amide bonds. The third-order valence-corrected chi connectivity index (χ3v) is 12.6. The zero-order valence-corrected chi connectivity index (χ0v) is 28.2. The van der Waals surface area contributed by atoms with Gasteiger partial charge in [-0.3, -0.25) is 19.4 Å². The lowest BCUT2D eigenvalue weighted by atomic mass is 9.46. The summed E-state index contributed by atoms with van der Waals surface area (Å²) in [5.74, 6) is 0.105. The Kier molecular flexibility index (Phi) is 8.89. The molecule has 5 heterocycles. The minimum absolute atomic E-state index is 0.0324. The molecule has 10 heteroatoms. The van der Waals surface area contributed by atoms with E-state index in [2.05, 4.69) is 40.0 Å². The molecule has 4 saturated heterocycles. The van der Waals surface area contributed by atoms with Gasteiger partial charge in [0.05, 0.1) is 25.0 Å². The first-order valence-corrected chi connectivity index (χ1v) is 17.7. The minimum atomic E-state index is -0.561. The van der Waals surface area contributed by atoms with E-state index in [0.29, 0.717) is 35.9 Å². The number of esters is 1. The van der Waals surface area contributed by atoms with Crippen molar-refractivity contribution in [3.63, 3.8) is 0 Å². The highest BCUT2D eigenvalue weighted by Crippen LogP contribution is 2.61. The third kappa shape index (κ3) is 6.17. The standard InChI is InChI=1S/C38H50N4O6/c1-23-4-11-31-37(2,13-12-32(44)38(31,3)21-43)30(23)10-7-25-15-29(48-36(25)47)14-24-5-8-28(9-6-24)39-33(45)16-34(46)40-35-26-17-41-19-27(35)20-42(18-26)22-41/h5-10,15,26-27,29-32,35,43-44H,1,4,11-14,16-22H2,2-3H3,(H,39,45)(H,40,46)/t26?,27?,29?,30?,31?,32-,35?,37-,38+/m1/s1. The van der Waals surface area contributed by atoms with Gasteiger partial charge in [0.1, 0.15) is 12.5 Å². The summed E-state index contributed by atoms with van der Waals surface area (Å²) in [6.45, 7) is 13.6. The molecule has 0 radical (unpaired) electrons. The second-order valence-electron chi connectivity index (χ2n) is 15.8. The summed E-state index contributed by atoms with van der Waals surface area (Å²) in [5.41, 5.74) is 2.48. The fourth-order valence-electron chi connectivity index (χ4n) is 10.1. The number of fused-ring (bicyclic) bond motifs is 1. The van der Waals surface area contributed by atoms with E-state index in [1.807, 2.05) is 31.2 Å². The number of cyclic esters (lactones) is 1. The Labute approximate surface area is 283 Å². The van der Waals surface area contributed by atoms with Gasteiger partial charge in [-0.05, 0) is 60.8 Å². The van der Waals surface area contributed by atoms with Crippen molar-refractivity contribution >= 4 is 23.5 Å². The van der Waals surface area contributed by atoms with Crippen LogP contribution in [0.3, 0.4) is 0 Å². The van der Waals surface area contributed by atoms with E-state index in [0.717, 1.165) is 63.2 Å². The highest BCUT2D eigenvalue weighted by Gasteiger charge is 2.57. The molecule has 7 aliphatic rings. The number of anilines is 1. The Hall–Kier alpha value is -3.31. The monoisotopic (exact) mass is 658 g/mol. The Balaban J connectivity index is 0.920. The summed E-state index contributed by atoms with van der Waals surface area (Å²) >= 11 is 0. The normalized spacial score (nSPS) is 40.0. The smallest absolute Gasteiger partial charge is 0.338 e. The first-order valence-electron chi connectivity index (χ1n) is 17.7. The molecule has 3 unspecified atom stereocenters. The van der Waals surface area contributed by atoms with Gasteiger partial charge in [-0.15, -0.1) is 0 Å². The first kappa shape index (κ1) is 33.2. The van der Waals surface area contributed by atoms with Crippen LogP contribution in [0, 0.1) is 34.5 Å². The van der Waals surface area contributed by atoms with Crippen LogP contribution in [0.25, 0.3) is 0 Å². The number of hydrogen-bond donors (Lipinski definition) is 4. The number of carbonyl (C=O) groups excluding carboxylic acids is 3. The van der Waals surface area contributed by atoms with Gasteiger partial charge >= 0.3 is 5.97 Å². The molecule has 4 bridgehead atoms. The number of rotatable bonds is 9. The number of aliphatic hydroxyl groups is 2.